The van der Waals surface area contributed by atoms with Crippen LogP contribution < -0.4 is 20.1 Å². The van der Waals surface area contributed by atoms with Crippen LogP contribution >= 0.6 is 11.3 Å². The number of ether oxygens (including phenoxy) is 2. The van der Waals surface area contributed by atoms with Gasteiger partial charge in [-0.3, -0.25) is 14.9 Å². The fourth-order valence-electron chi connectivity index (χ4n) is 2.90. The summed E-state index contributed by atoms with van der Waals surface area (Å²) in [7, 11) is 1.55. The Hall–Kier alpha value is -3.39. The molecule has 1 aromatic heterocycles. The molecule has 0 fully saturated rings. The molecule has 3 aromatic rings. The van der Waals surface area contributed by atoms with E-state index in [4.69, 9.17) is 9.47 Å². The highest BCUT2D eigenvalue weighted by Gasteiger charge is 2.10. The standard InChI is InChI=1S/C23H25N3O4S/c1-16(27)24-13-5-6-17-9-11-18(12-10-17)19-15-31-23(25-19)26-22(28)14-30-21-8-4-3-7-20(21)29-2/h3-4,7-12,15H,5-6,13-14H2,1-2H3,(H,24,27)(H,25,26,28). The van der Waals surface area contributed by atoms with Crippen LogP contribution in [0.2, 0.25) is 0 Å². The second kappa shape index (κ2) is 11.1. The third kappa shape index (κ3) is 6.82. The molecule has 0 unspecified atom stereocenters. The maximum absolute atomic E-state index is 12.2. The first kappa shape index (κ1) is 22.3. The lowest BCUT2D eigenvalue weighted by Crippen LogP contribution is -2.21. The zero-order chi connectivity index (χ0) is 22.1. The van der Waals surface area contributed by atoms with E-state index in [2.05, 4.69) is 27.8 Å². The third-order valence-electron chi connectivity index (χ3n) is 4.44. The molecule has 2 amide bonds. The predicted molar refractivity (Wildman–Crippen MR) is 122 cm³/mol. The Labute approximate surface area is 185 Å². The number of anilines is 1. The van der Waals surface area contributed by atoms with Gasteiger partial charge in [0.15, 0.2) is 23.2 Å². The number of aryl methyl sites for hydroxylation is 1. The summed E-state index contributed by atoms with van der Waals surface area (Å²) >= 11 is 1.36. The summed E-state index contributed by atoms with van der Waals surface area (Å²) in [5.74, 6) is 0.789. The summed E-state index contributed by atoms with van der Waals surface area (Å²) in [6.07, 6.45) is 1.79. The van der Waals surface area contributed by atoms with E-state index < -0.39 is 0 Å². The number of rotatable bonds is 10. The van der Waals surface area contributed by atoms with Gasteiger partial charge < -0.3 is 14.8 Å². The summed E-state index contributed by atoms with van der Waals surface area (Å²) in [5, 5.41) is 7.98. The number of carbonyl (C=O) groups excluding carboxylic acids is 2. The van der Waals surface area contributed by atoms with Crippen LogP contribution in [0.1, 0.15) is 18.9 Å². The number of aromatic nitrogens is 1. The van der Waals surface area contributed by atoms with E-state index in [-0.39, 0.29) is 18.4 Å². The number of hydrogen-bond acceptors (Lipinski definition) is 6. The van der Waals surface area contributed by atoms with E-state index in [1.807, 2.05) is 29.6 Å². The summed E-state index contributed by atoms with van der Waals surface area (Å²) in [6.45, 7) is 2.06. The number of benzene rings is 2. The van der Waals surface area contributed by atoms with Crippen molar-refractivity contribution in [1.29, 1.82) is 0 Å². The number of nitrogens with one attached hydrogen (secondary N) is 2. The first-order chi connectivity index (χ1) is 15.0. The van der Waals surface area contributed by atoms with Crippen molar-refractivity contribution in [2.45, 2.75) is 19.8 Å². The number of hydrogen-bond donors (Lipinski definition) is 2. The van der Waals surface area contributed by atoms with Crippen molar-refractivity contribution >= 4 is 28.3 Å². The summed E-state index contributed by atoms with van der Waals surface area (Å²) in [6, 6.07) is 15.3. The van der Waals surface area contributed by atoms with Crippen molar-refractivity contribution in [2.75, 3.05) is 25.6 Å². The van der Waals surface area contributed by atoms with Crippen LogP contribution in [0.15, 0.2) is 53.9 Å². The van der Waals surface area contributed by atoms with Gasteiger partial charge in [0.2, 0.25) is 5.91 Å². The average Bonchev–Trinajstić information content (AvgIpc) is 3.24. The highest BCUT2D eigenvalue weighted by Crippen LogP contribution is 2.27. The maximum Gasteiger partial charge on any atom is 0.264 e. The van der Waals surface area contributed by atoms with Crippen molar-refractivity contribution in [3.8, 4) is 22.8 Å². The first-order valence-electron chi connectivity index (χ1n) is 9.90. The number of nitrogens with zero attached hydrogens (tertiary/aromatic N) is 1. The minimum atomic E-state index is -0.290. The number of para-hydroxylation sites is 2. The topological polar surface area (TPSA) is 89.6 Å². The second-order valence-corrected chi connectivity index (χ2v) is 7.67. The van der Waals surface area contributed by atoms with Gasteiger partial charge in [-0.1, -0.05) is 36.4 Å². The minimum absolute atomic E-state index is 0.00636. The first-order valence-corrected chi connectivity index (χ1v) is 10.8. The lowest BCUT2D eigenvalue weighted by Gasteiger charge is -2.09. The van der Waals surface area contributed by atoms with Gasteiger partial charge in [0.05, 0.1) is 12.8 Å². The van der Waals surface area contributed by atoms with Gasteiger partial charge in [-0.25, -0.2) is 4.98 Å². The summed E-state index contributed by atoms with van der Waals surface area (Å²) in [4.78, 5) is 27.6. The Morgan fingerprint density at radius 2 is 1.81 bits per heavy atom. The van der Waals surface area contributed by atoms with Crippen molar-refractivity contribution in [3.63, 3.8) is 0 Å². The van der Waals surface area contributed by atoms with Crippen LogP contribution in [-0.2, 0) is 16.0 Å². The Balaban J connectivity index is 1.50. The van der Waals surface area contributed by atoms with Gasteiger partial charge in [0, 0.05) is 24.4 Å². The van der Waals surface area contributed by atoms with Crippen molar-refractivity contribution in [1.82, 2.24) is 10.3 Å². The molecule has 0 radical (unpaired) electrons. The van der Waals surface area contributed by atoms with Crippen molar-refractivity contribution in [3.05, 3.63) is 59.5 Å². The molecule has 162 valence electrons. The summed E-state index contributed by atoms with van der Waals surface area (Å²) < 4.78 is 10.7. The molecule has 0 bridgehead atoms. The lowest BCUT2D eigenvalue weighted by atomic mass is 10.1. The van der Waals surface area contributed by atoms with E-state index in [1.54, 1.807) is 19.2 Å². The van der Waals surface area contributed by atoms with Crippen molar-refractivity contribution in [2.24, 2.45) is 0 Å². The number of amides is 2. The van der Waals surface area contributed by atoms with E-state index in [0.29, 0.717) is 23.2 Å². The number of carbonyl (C=O) groups is 2. The van der Waals surface area contributed by atoms with Gasteiger partial charge in [-0.2, -0.15) is 0 Å². The number of methoxy groups -OCH3 is 1. The fourth-order valence-corrected chi connectivity index (χ4v) is 3.64. The molecule has 8 heteroatoms. The molecule has 31 heavy (non-hydrogen) atoms. The van der Waals surface area contributed by atoms with Crippen LogP contribution in [0, 0.1) is 0 Å². The Bertz CT molecular complexity index is 1020. The molecule has 2 N–H and O–H groups in total. The van der Waals surface area contributed by atoms with E-state index in [9.17, 15) is 9.59 Å². The average molecular weight is 440 g/mol. The molecule has 0 aliphatic heterocycles. The van der Waals surface area contributed by atoms with Crippen LogP contribution in [0.3, 0.4) is 0 Å². The van der Waals surface area contributed by atoms with Gasteiger partial charge in [0.1, 0.15) is 0 Å². The number of thiazole rings is 1. The molecule has 0 aliphatic carbocycles. The Morgan fingerprint density at radius 3 is 2.52 bits per heavy atom. The van der Waals surface area contributed by atoms with Crippen LogP contribution in [-0.4, -0.2) is 37.1 Å². The van der Waals surface area contributed by atoms with Crippen LogP contribution in [0.4, 0.5) is 5.13 Å². The van der Waals surface area contributed by atoms with Gasteiger partial charge >= 0.3 is 0 Å². The van der Waals surface area contributed by atoms with Crippen LogP contribution in [0.25, 0.3) is 11.3 Å². The SMILES string of the molecule is COc1ccccc1OCC(=O)Nc1nc(-c2ccc(CCCNC(C)=O)cc2)cs1. The normalized spacial score (nSPS) is 10.4. The van der Waals surface area contributed by atoms with Gasteiger partial charge in [-0.05, 0) is 30.5 Å². The molecular formula is C23H25N3O4S. The Kier molecular flexibility index (Phi) is 8.00. The molecule has 7 nitrogen and oxygen atoms in total. The molecular weight excluding hydrogens is 414 g/mol. The van der Waals surface area contributed by atoms with Crippen LogP contribution in [0.5, 0.6) is 11.5 Å². The lowest BCUT2D eigenvalue weighted by molar-refractivity contribution is -0.119. The van der Waals surface area contributed by atoms with Gasteiger partial charge in [0.25, 0.3) is 5.91 Å². The van der Waals surface area contributed by atoms with E-state index >= 15 is 0 Å². The molecule has 0 saturated heterocycles. The quantitative estimate of drug-likeness (QED) is 0.468. The zero-order valence-corrected chi connectivity index (χ0v) is 18.3. The molecule has 0 spiro atoms. The smallest absolute Gasteiger partial charge is 0.264 e. The van der Waals surface area contributed by atoms with E-state index in [1.165, 1.54) is 23.8 Å². The molecule has 0 atom stereocenters. The minimum Gasteiger partial charge on any atom is -0.493 e. The second-order valence-electron chi connectivity index (χ2n) is 6.81. The molecule has 0 saturated carbocycles. The maximum atomic E-state index is 12.2. The zero-order valence-electron chi connectivity index (χ0n) is 17.5. The fraction of sp³-hybridized carbons (Fsp3) is 0.261. The molecule has 3 rings (SSSR count). The molecule has 0 aliphatic rings. The monoisotopic (exact) mass is 439 g/mol. The molecule has 1 heterocycles. The largest absolute Gasteiger partial charge is 0.493 e. The van der Waals surface area contributed by atoms with Gasteiger partial charge in [-0.15, -0.1) is 11.3 Å². The van der Waals surface area contributed by atoms with Crippen molar-refractivity contribution < 1.29 is 19.1 Å². The van der Waals surface area contributed by atoms with E-state index in [0.717, 1.165) is 24.1 Å². The third-order valence-corrected chi connectivity index (χ3v) is 5.20. The predicted octanol–water partition coefficient (Wildman–Crippen LogP) is 3.90. The Morgan fingerprint density at radius 1 is 1.06 bits per heavy atom. The highest BCUT2D eigenvalue weighted by atomic mass is 32.1. The molecule has 2 aromatic carbocycles. The summed E-state index contributed by atoms with van der Waals surface area (Å²) in [5.41, 5.74) is 2.98. The highest BCUT2D eigenvalue weighted by molar-refractivity contribution is 7.14.